The van der Waals surface area contributed by atoms with Crippen molar-refractivity contribution in [1.82, 2.24) is 4.57 Å². The number of para-hydroxylation sites is 2. The summed E-state index contributed by atoms with van der Waals surface area (Å²) in [7, 11) is 0. The van der Waals surface area contributed by atoms with Crippen LogP contribution < -0.4 is 26.4 Å². The maximum absolute atomic E-state index is 10.6. The Balaban J connectivity index is 1.34. The van der Waals surface area contributed by atoms with Gasteiger partial charge < -0.3 is 18.8 Å². The SMILES string of the molecule is [2H]c1c([2H])c2c3c(c1[2H])-n1c4c([2H])c([2H])c([2H])c([2H])c4c4c([2H])c(C(C)(C)C)c([2H])c(c41)N3c1c([2H])c(C(C)(C)C)c([2H])c3c1B2c1oc2c([2H])c([2H])c(C(C)(C)C)c([2H])c2c1N3c1c([2H])c([2H])c2c(sc3c([2H])c([2H])c([2H])c([2H])c32)c1[2H]. The van der Waals surface area contributed by atoms with Crippen LogP contribution in [-0.2, 0) is 16.2 Å². The first kappa shape index (κ1) is 21.2. The lowest BCUT2D eigenvalue weighted by Gasteiger charge is -2.45. The number of rotatable bonds is 1. The van der Waals surface area contributed by atoms with Gasteiger partial charge in [0.2, 0.25) is 0 Å². The lowest BCUT2D eigenvalue weighted by molar-refractivity contribution is 0.590. The van der Waals surface area contributed by atoms with E-state index in [2.05, 4.69) is 0 Å². The van der Waals surface area contributed by atoms with Gasteiger partial charge in [0.05, 0.1) is 68.2 Å². The summed E-state index contributed by atoms with van der Waals surface area (Å²) < 4.78 is 211. The van der Waals surface area contributed by atoms with E-state index in [9.17, 15) is 20.6 Å². The molecule has 6 heterocycles. The van der Waals surface area contributed by atoms with E-state index in [1.807, 2.05) is 0 Å². The molecule has 3 aliphatic heterocycles. The van der Waals surface area contributed by atoms with E-state index < -0.39 is 119 Å². The second-order valence-electron chi connectivity index (χ2n) is 19.3. The molecule has 0 spiro atoms. The molecule has 0 saturated carbocycles. The minimum Gasteiger partial charge on any atom is -0.468 e. The number of aromatic nitrogens is 1. The van der Waals surface area contributed by atoms with E-state index in [1.165, 1.54) is 14.4 Å². The van der Waals surface area contributed by atoms with E-state index in [1.54, 1.807) is 62.3 Å². The predicted molar refractivity (Wildman–Crippen MR) is 267 cm³/mol. The largest absolute Gasteiger partial charge is 0.468 e. The zero-order valence-corrected chi connectivity index (χ0v) is 36.1. The predicted octanol–water partition coefficient (Wildman–Crippen LogP) is 14.2. The maximum atomic E-state index is 10.6. The summed E-state index contributed by atoms with van der Waals surface area (Å²) in [4.78, 5) is 2.80. The van der Waals surface area contributed by atoms with Crippen LogP contribution in [0.2, 0.25) is 0 Å². The van der Waals surface area contributed by atoms with Crippen molar-refractivity contribution in [1.29, 1.82) is 0 Å². The zero-order valence-electron chi connectivity index (χ0n) is 56.2. The molecule has 62 heavy (non-hydrogen) atoms. The summed E-state index contributed by atoms with van der Waals surface area (Å²) in [5, 5.41) is -0.490. The molecule has 0 saturated heterocycles. The molecule has 7 aromatic carbocycles. The molecule has 0 amide bonds. The van der Waals surface area contributed by atoms with Crippen LogP contribution in [0, 0.1) is 0 Å². The summed E-state index contributed by atoms with van der Waals surface area (Å²) in [5.41, 5.74) is -5.15. The van der Waals surface area contributed by atoms with E-state index in [4.69, 9.17) is 12.6 Å². The van der Waals surface area contributed by atoms with Crippen LogP contribution in [0.5, 0.6) is 0 Å². The molecule has 0 radical (unpaired) electrons. The van der Waals surface area contributed by atoms with Gasteiger partial charge in [0.25, 0.3) is 6.71 Å². The number of hydrogen-bond acceptors (Lipinski definition) is 4. The summed E-state index contributed by atoms with van der Waals surface area (Å²) in [5.74, 6) is 0. The fourth-order valence-corrected chi connectivity index (χ4v) is 10.1. The molecule has 0 atom stereocenters. The van der Waals surface area contributed by atoms with E-state index in [0.717, 1.165) is 11.3 Å². The molecule has 0 fully saturated rings. The Kier molecular flexibility index (Phi) is 4.04. The Hall–Kier alpha value is -6.24. The monoisotopic (exact) mass is 842 g/mol. The molecule has 13 rings (SSSR count). The van der Waals surface area contributed by atoms with Crippen molar-refractivity contribution in [2.45, 2.75) is 78.6 Å². The van der Waals surface area contributed by atoms with Crippen LogP contribution in [0.3, 0.4) is 0 Å². The van der Waals surface area contributed by atoms with E-state index >= 15 is 0 Å². The Morgan fingerprint density at radius 1 is 0.516 bits per heavy atom. The second kappa shape index (κ2) is 11.8. The third-order valence-electron chi connectivity index (χ3n) is 12.2. The molecule has 3 aliphatic rings. The van der Waals surface area contributed by atoms with Crippen LogP contribution in [0.1, 0.15) is 108 Å². The van der Waals surface area contributed by atoms with Gasteiger partial charge >= 0.3 is 0 Å². The zero-order chi connectivity index (χ0) is 60.6. The molecule has 302 valence electrons. The fourth-order valence-electron chi connectivity index (χ4n) is 9.14. The molecule has 3 aromatic heterocycles. The number of nitrogens with zero attached hydrogens (tertiary/aromatic N) is 3. The van der Waals surface area contributed by atoms with Crippen LogP contribution in [0.4, 0.5) is 34.1 Å². The number of thiophene rings is 1. The van der Waals surface area contributed by atoms with Crippen molar-refractivity contribution in [3.05, 3.63) is 144 Å². The fraction of sp³-hybridized carbons (Fsp3) is 0.214. The number of hydrogen-bond donors (Lipinski definition) is 0. The summed E-state index contributed by atoms with van der Waals surface area (Å²) >= 11 is 0.798. The molecular formula is C56H48BN3OS. The minimum absolute atomic E-state index is 0.00611. The Labute approximate surface area is 396 Å². The van der Waals surface area contributed by atoms with Gasteiger partial charge in [-0.05, 0) is 110 Å². The molecule has 0 aliphatic carbocycles. The summed E-state index contributed by atoms with van der Waals surface area (Å²) in [6, 6.07) is -10.5. The Morgan fingerprint density at radius 2 is 1.18 bits per heavy atom. The average Bonchev–Trinajstić information content (AvgIpc) is 1.68. The Bertz CT molecular complexity index is 4850. The highest BCUT2D eigenvalue weighted by Crippen LogP contribution is 2.55. The number of benzene rings is 7. The van der Waals surface area contributed by atoms with Crippen molar-refractivity contribution in [2.24, 2.45) is 0 Å². The number of furan rings is 1. The maximum Gasteiger partial charge on any atom is 0.297 e. The average molecular weight is 843 g/mol. The standard InChI is InChI=1S/C56H48BN3OS/c1-54(2,3)31-21-24-46-39(25-31)51-53(61-46)57-40-17-14-19-42-52(40)60(45-29-32(55(4,5)6)26-38-35-15-10-12-18-41(35)59(42)50(38)45)44-28-33(56(7,8)9)27-43(49(44)57)58(51)34-22-23-37-36-16-11-13-20-47(36)62-48(37)30-34/h10-30H,1-9H3/i10D,11D,12D,13D,14D,15D,16D,17D,18D,19D,20D,21D,22D,23D,24D,25D,26D,27D,28D,29D,30D. The number of anilines is 6. The van der Waals surface area contributed by atoms with Crippen molar-refractivity contribution >= 4 is 122 Å². The van der Waals surface area contributed by atoms with Crippen LogP contribution in [-0.4, -0.2) is 11.3 Å². The topological polar surface area (TPSA) is 24.6 Å². The van der Waals surface area contributed by atoms with Gasteiger partial charge in [-0.3, -0.25) is 0 Å². The lowest BCUT2D eigenvalue weighted by atomic mass is 9.35. The van der Waals surface area contributed by atoms with Gasteiger partial charge in [-0.25, -0.2) is 0 Å². The molecule has 10 aromatic rings. The smallest absolute Gasteiger partial charge is 0.297 e. The number of fused-ring (bicyclic) bond motifs is 14. The highest BCUT2D eigenvalue weighted by Gasteiger charge is 2.49. The first-order chi connectivity index (χ1) is 38.5. The molecule has 0 N–H and O–H groups in total. The van der Waals surface area contributed by atoms with Gasteiger partial charge in [0.15, 0.2) is 0 Å². The second-order valence-corrected chi connectivity index (χ2v) is 20.4. The first-order valence-electron chi connectivity index (χ1n) is 30.9. The van der Waals surface area contributed by atoms with Crippen LogP contribution >= 0.6 is 11.3 Å². The molecule has 6 heteroatoms. The van der Waals surface area contributed by atoms with Gasteiger partial charge in [-0.1, -0.05) is 123 Å². The third-order valence-corrected chi connectivity index (χ3v) is 13.2. The van der Waals surface area contributed by atoms with Crippen molar-refractivity contribution in [3.8, 4) is 5.69 Å². The molecular weight excluding hydrogens is 774 g/mol. The van der Waals surface area contributed by atoms with Crippen LogP contribution in [0.15, 0.2) is 131 Å². The Morgan fingerprint density at radius 3 is 1.95 bits per heavy atom. The van der Waals surface area contributed by atoms with Gasteiger partial charge in [-0.2, -0.15) is 0 Å². The van der Waals surface area contributed by atoms with Crippen molar-refractivity contribution < 1.29 is 33.2 Å². The van der Waals surface area contributed by atoms with E-state index in [0.29, 0.717) is 0 Å². The van der Waals surface area contributed by atoms with Gasteiger partial charge in [-0.15, -0.1) is 11.3 Å². The van der Waals surface area contributed by atoms with Gasteiger partial charge in [0.1, 0.15) is 5.58 Å². The summed E-state index contributed by atoms with van der Waals surface area (Å²) in [6.07, 6.45) is 0. The van der Waals surface area contributed by atoms with E-state index in [-0.39, 0.29) is 157 Å². The molecule has 4 nitrogen and oxygen atoms in total. The highest BCUT2D eigenvalue weighted by atomic mass is 32.1. The van der Waals surface area contributed by atoms with Gasteiger partial charge in [0, 0.05) is 53.4 Å². The van der Waals surface area contributed by atoms with Crippen molar-refractivity contribution in [3.63, 3.8) is 0 Å². The van der Waals surface area contributed by atoms with Crippen molar-refractivity contribution in [2.75, 3.05) is 9.80 Å². The quantitative estimate of drug-likeness (QED) is 0.154. The molecule has 0 bridgehead atoms. The highest BCUT2D eigenvalue weighted by molar-refractivity contribution is 7.25. The third kappa shape index (κ3) is 4.74. The minimum atomic E-state index is -1.58. The molecule has 0 unspecified atom stereocenters. The first-order valence-corrected chi connectivity index (χ1v) is 21.3. The van der Waals surface area contributed by atoms with Crippen LogP contribution in [0.25, 0.3) is 58.6 Å². The summed E-state index contributed by atoms with van der Waals surface area (Å²) in [6.45, 7) is 14.3. The normalized spacial score (nSPS) is 19.2. The lowest BCUT2D eigenvalue weighted by Crippen LogP contribution is -2.61.